The highest BCUT2D eigenvalue weighted by Crippen LogP contribution is 2.60. The quantitative estimate of drug-likeness (QED) is 0.160. The van der Waals surface area contributed by atoms with Crippen LogP contribution in [0.2, 0.25) is 0 Å². The maximum Gasteiger partial charge on any atom is 0.137 e. The van der Waals surface area contributed by atoms with E-state index in [0.29, 0.717) is 0 Å². The summed E-state index contributed by atoms with van der Waals surface area (Å²) >= 11 is 0. The third-order valence-corrected chi connectivity index (χ3v) is 12.7. The Hall–Kier alpha value is -7.94. The van der Waals surface area contributed by atoms with Crippen molar-refractivity contribution in [3.05, 3.63) is 259 Å². The summed E-state index contributed by atoms with van der Waals surface area (Å²) < 4.78 is 6.93. The van der Waals surface area contributed by atoms with Gasteiger partial charge in [0, 0.05) is 16.6 Å². The average Bonchev–Trinajstić information content (AvgIpc) is 3.88. The molecule has 0 radical (unpaired) electrons. The SMILES string of the molecule is c1ccc(-c2ccc(N(c3cccc4c3-c3ccccc3C4(c3ccccc3)c3ccccc3)c3cccc4oc5cc(-c6ccccc6)c6ccccc6c5c34)cc2)cc1. The molecule has 0 saturated carbocycles. The molecule has 2 heteroatoms. The summed E-state index contributed by atoms with van der Waals surface area (Å²) in [4.78, 5) is 2.48. The van der Waals surface area contributed by atoms with Gasteiger partial charge in [-0.15, -0.1) is 0 Å². The van der Waals surface area contributed by atoms with Crippen LogP contribution in [-0.2, 0) is 5.41 Å². The van der Waals surface area contributed by atoms with E-state index in [1.54, 1.807) is 0 Å². The third kappa shape index (κ3) is 5.36. The molecule has 0 N–H and O–H groups in total. The van der Waals surface area contributed by atoms with Crippen molar-refractivity contribution in [1.82, 2.24) is 0 Å². The van der Waals surface area contributed by atoms with Crippen molar-refractivity contribution in [3.8, 4) is 33.4 Å². The first-order valence-electron chi connectivity index (χ1n) is 21.0. The molecule has 0 amide bonds. The number of hydrogen-bond acceptors (Lipinski definition) is 2. The minimum atomic E-state index is -0.536. The molecule has 0 aliphatic heterocycles. The van der Waals surface area contributed by atoms with Crippen LogP contribution in [0.15, 0.2) is 241 Å². The normalized spacial score (nSPS) is 12.7. The Bertz CT molecular complexity index is 3350. The standard InChI is InChI=1S/C59H39NO/c1-5-19-40(20-6-1)41-35-37-45(38-36-41)60(53-33-18-34-54-58(53)57-47-28-14-13-27-46(47)49(39-55(57)61-54)42-21-7-2-8-22-42)52-32-17-31-51-56(52)48-29-15-16-30-50(48)59(51,43-23-9-3-10-24-43)44-25-11-4-12-26-44/h1-39H. The lowest BCUT2D eigenvalue weighted by Gasteiger charge is -2.34. The average molecular weight is 778 g/mol. The molecule has 0 saturated heterocycles. The molecular formula is C59H39NO. The summed E-state index contributed by atoms with van der Waals surface area (Å²) in [6.45, 7) is 0. The van der Waals surface area contributed by atoms with Gasteiger partial charge in [-0.3, -0.25) is 0 Å². The van der Waals surface area contributed by atoms with Crippen molar-refractivity contribution in [2.75, 3.05) is 4.90 Å². The summed E-state index contributed by atoms with van der Waals surface area (Å²) in [6.07, 6.45) is 0. The molecule has 0 unspecified atom stereocenters. The maximum atomic E-state index is 6.93. The fourth-order valence-electron chi connectivity index (χ4n) is 10.2. The van der Waals surface area contributed by atoms with Gasteiger partial charge in [-0.2, -0.15) is 0 Å². The van der Waals surface area contributed by atoms with Gasteiger partial charge in [-0.1, -0.05) is 200 Å². The van der Waals surface area contributed by atoms with Crippen LogP contribution in [0.3, 0.4) is 0 Å². The predicted molar refractivity (Wildman–Crippen MR) is 254 cm³/mol. The molecule has 286 valence electrons. The van der Waals surface area contributed by atoms with Gasteiger partial charge in [0.25, 0.3) is 0 Å². The number of furan rings is 1. The first-order chi connectivity index (χ1) is 30.3. The van der Waals surface area contributed by atoms with Gasteiger partial charge in [-0.05, 0) is 97.2 Å². The van der Waals surface area contributed by atoms with Crippen molar-refractivity contribution in [3.63, 3.8) is 0 Å². The van der Waals surface area contributed by atoms with Crippen molar-refractivity contribution in [1.29, 1.82) is 0 Å². The lowest BCUT2D eigenvalue weighted by Crippen LogP contribution is -2.28. The number of hydrogen-bond donors (Lipinski definition) is 0. The van der Waals surface area contributed by atoms with Crippen LogP contribution in [0.5, 0.6) is 0 Å². The monoisotopic (exact) mass is 777 g/mol. The fourth-order valence-corrected chi connectivity index (χ4v) is 10.2. The first-order valence-corrected chi connectivity index (χ1v) is 21.0. The second kappa shape index (κ2) is 14.1. The smallest absolute Gasteiger partial charge is 0.137 e. The minimum Gasteiger partial charge on any atom is -0.456 e. The Morgan fingerprint density at radius 3 is 1.59 bits per heavy atom. The second-order valence-electron chi connectivity index (χ2n) is 15.9. The Balaban J connectivity index is 1.18. The van der Waals surface area contributed by atoms with Crippen LogP contribution in [0, 0.1) is 0 Å². The molecule has 12 rings (SSSR count). The Labute approximate surface area is 355 Å². The van der Waals surface area contributed by atoms with Crippen molar-refractivity contribution >= 4 is 49.8 Å². The van der Waals surface area contributed by atoms with E-state index in [0.717, 1.165) is 44.6 Å². The lowest BCUT2D eigenvalue weighted by molar-refractivity contribution is 0.669. The largest absolute Gasteiger partial charge is 0.456 e. The summed E-state index contributed by atoms with van der Waals surface area (Å²) in [6, 6.07) is 85.9. The second-order valence-corrected chi connectivity index (χ2v) is 15.9. The van der Waals surface area contributed by atoms with Crippen LogP contribution < -0.4 is 4.90 Å². The van der Waals surface area contributed by atoms with Gasteiger partial charge in [0.1, 0.15) is 11.2 Å². The van der Waals surface area contributed by atoms with Crippen molar-refractivity contribution in [2.24, 2.45) is 0 Å². The molecule has 1 heterocycles. The van der Waals surface area contributed by atoms with Crippen molar-refractivity contribution < 1.29 is 4.42 Å². The summed E-state index contributed by atoms with van der Waals surface area (Å²) in [5.74, 6) is 0. The van der Waals surface area contributed by atoms with Gasteiger partial charge in [0.05, 0.1) is 22.2 Å². The molecular weight excluding hydrogens is 739 g/mol. The topological polar surface area (TPSA) is 16.4 Å². The zero-order valence-electron chi connectivity index (χ0n) is 33.4. The van der Waals surface area contributed by atoms with Gasteiger partial charge < -0.3 is 9.32 Å². The van der Waals surface area contributed by atoms with Crippen LogP contribution >= 0.6 is 0 Å². The van der Waals surface area contributed by atoms with Crippen LogP contribution in [0.1, 0.15) is 22.3 Å². The van der Waals surface area contributed by atoms with E-state index in [4.69, 9.17) is 4.42 Å². The Morgan fingerprint density at radius 2 is 0.885 bits per heavy atom. The molecule has 61 heavy (non-hydrogen) atoms. The van der Waals surface area contributed by atoms with Crippen molar-refractivity contribution in [2.45, 2.75) is 5.41 Å². The van der Waals surface area contributed by atoms with Crippen LogP contribution in [0.4, 0.5) is 17.1 Å². The van der Waals surface area contributed by atoms with Crippen LogP contribution in [-0.4, -0.2) is 0 Å². The third-order valence-electron chi connectivity index (χ3n) is 12.7. The zero-order chi connectivity index (χ0) is 40.3. The highest BCUT2D eigenvalue weighted by atomic mass is 16.3. The predicted octanol–water partition coefficient (Wildman–Crippen LogP) is 15.9. The number of anilines is 3. The van der Waals surface area contributed by atoms with E-state index >= 15 is 0 Å². The molecule has 1 aliphatic rings. The fraction of sp³-hybridized carbons (Fsp3) is 0.0169. The molecule has 0 atom stereocenters. The van der Waals surface area contributed by atoms with E-state index in [1.807, 2.05) is 0 Å². The number of rotatable bonds is 7. The minimum absolute atomic E-state index is 0.536. The zero-order valence-corrected chi connectivity index (χ0v) is 33.4. The molecule has 1 aromatic heterocycles. The van der Waals surface area contributed by atoms with Gasteiger partial charge in [0.2, 0.25) is 0 Å². The molecule has 11 aromatic rings. The lowest BCUT2D eigenvalue weighted by atomic mass is 9.68. The molecule has 10 aromatic carbocycles. The molecule has 2 nitrogen and oxygen atoms in total. The molecule has 0 fully saturated rings. The first kappa shape index (κ1) is 35.0. The molecule has 0 bridgehead atoms. The van der Waals surface area contributed by atoms with E-state index in [9.17, 15) is 0 Å². The molecule has 1 aliphatic carbocycles. The summed E-state index contributed by atoms with van der Waals surface area (Å²) in [5.41, 5.74) is 16.6. The van der Waals surface area contributed by atoms with E-state index in [-0.39, 0.29) is 0 Å². The maximum absolute atomic E-state index is 6.93. The van der Waals surface area contributed by atoms with Gasteiger partial charge in [0.15, 0.2) is 0 Å². The highest BCUT2D eigenvalue weighted by Gasteiger charge is 2.47. The van der Waals surface area contributed by atoms with E-state index in [2.05, 4.69) is 241 Å². The number of nitrogens with zero attached hydrogens (tertiary/aromatic N) is 1. The number of benzene rings is 10. The Morgan fingerprint density at radius 1 is 0.344 bits per heavy atom. The molecule has 0 spiro atoms. The highest BCUT2D eigenvalue weighted by molar-refractivity contribution is 6.25. The van der Waals surface area contributed by atoms with E-state index in [1.165, 1.54) is 60.8 Å². The summed E-state index contributed by atoms with van der Waals surface area (Å²) in [5, 5.41) is 4.56. The van der Waals surface area contributed by atoms with Crippen LogP contribution in [0.25, 0.3) is 66.1 Å². The Kier molecular flexibility index (Phi) is 8.11. The number of fused-ring (bicyclic) bond motifs is 8. The summed E-state index contributed by atoms with van der Waals surface area (Å²) in [7, 11) is 0. The van der Waals surface area contributed by atoms with E-state index < -0.39 is 5.41 Å². The van der Waals surface area contributed by atoms with Gasteiger partial charge in [-0.25, -0.2) is 0 Å². The van der Waals surface area contributed by atoms with Gasteiger partial charge >= 0.3 is 0 Å².